The molecule has 4 amide bonds. The molecule has 0 spiro atoms. The van der Waals surface area contributed by atoms with Gasteiger partial charge in [-0.1, -0.05) is 31.1 Å². The van der Waals surface area contributed by atoms with Crippen molar-refractivity contribution in [2.45, 2.75) is 119 Å². The minimum absolute atomic E-state index is 0.0155. The van der Waals surface area contributed by atoms with Gasteiger partial charge in [0.1, 0.15) is 41.3 Å². The van der Waals surface area contributed by atoms with Gasteiger partial charge in [-0.15, -0.1) is 6.58 Å². The first-order valence-electron chi connectivity index (χ1n) is 20.7. The summed E-state index contributed by atoms with van der Waals surface area (Å²) in [5.41, 5.74) is -0.202. The lowest BCUT2D eigenvalue weighted by molar-refractivity contribution is -0.142. The zero-order valence-corrected chi connectivity index (χ0v) is 33.9. The first-order chi connectivity index (χ1) is 27.9. The Morgan fingerprint density at radius 2 is 1.84 bits per heavy atom. The van der Waals surface area contributed by atoms with Crippen molar-refractivity contribution in [2.75, 3.05) is 20.3 Å². The average Bonchev–Trinajstić information content (AvgIpc) is 3.99. The monoisotopic (exact) mass is 819 g/mol. The molecule has 5 fully saturated rings. The van der Waals surface area contributed by atoms with Crippen LogP contribution in [0.3, 0.4) is 0 Å². The maximum Gasteiger partial charge on any atom is 0.408 e. The Labute approximate surface area is 338 Å². The molecule has 3 heterocycles. The van der Waals surface area contributed by atoms with Crippen LogP contribution in [0.25, 0.3) is 17.0 Å². The fourth-order valence-corrected chi connectivity index (χ4v) is 10.7. The highest BCUT2D eigenvalue weighted by Gasteiger charge is 2.62. The number of hydrogen-bond donors (Lipinski definition) is 3. The van der Waals surface area contributed by atoms with Crippen LogP contribution in [0.1, 0.15) is 89.5 Å². The molecule has 8 rings (SSSR count). The van der Waals surface area contributed by atoms with E-state index < -0.39 is 68.7 Å². The normalized spacial score (nSPS) is 30.6. The summed E-state index contributed by atoms with van der Waals surface area (Å²) in [7, 11) is -2.32. The molecule has 3 N–H and O–H groups in total. The summed E-state index contributed by atoms with van der Waals surface area (Å²) in [5.74, 6) is -1.18. The molecule has 4 aliphatic carbocycles. The summed E-state index contributed by atoms with van der Waals surface area (Å²) in [6.45, 7) is 6.00. The Hall–Kier alpha value is -4.86. The molecule has 312 valence electrons. The van der Waals surface area contributed by atoms with Crippen molar-refractivity contribution >= 4 is 50.8 Å². The van der Waals surface area contributed by atoms with Crippen molar-refractivity contribution < 1.29 is 46.5 Å². The molecule has 2 aliphatic heterocycles. The number of amides is 4. The Morgan fingerprint density at radius 1 is 1.07 bits per heavy atom. The maximum atomic E-state index is 14.9. The van der Waals surface area contributed by atoms with E-state index in [0.29, 0.717) is 73.4 Å². The summed E-state index contributed by atoms with van der Waals surface area (Å²) in [4.78, 5) is 63.0. The number of hydrogen-bond acceptors (Lipinski definition) is 11. The van der Waals surface area contributed by atoms with Crippen LogP contribution in [0.4, 0.5) is 4.79 Å². The van der Waals surface area contributed by atoms with Gasteiger partial charge in [-0.2, -0.15) is 0 Å². The van der Waals surface area contributed by atoms with E-state index in [9.17, 15) is 27.6 Å². The first kappa shape index (κ1) is 39.9. The zero-order valence-electron chi connectivity index (χ0n) is 33.1. The largest absolute Gasteiger partial charge is 0.496 e. The van der Waals surface area contributed by atoms with E-state index in [-0.39, 0.29) is 37.3 Å². The molecule has 1 saturated heterocycles. The van der Waals surface area contributed by atoms with Gasteiger partial charge in [0, 0.05) is 35.4 Å². The Bertz CT molecular complexity index is 2120. The number of carbonyl (C=O) groups excluding carboxylic acids is 4. The van der Waals surface area contributed by atoms with Crippen LogP contribution in [-0.2, 0) is 29.1 Å². The van der Waals surface area contributed by atoms with Crippen molar-refractivity contribution in [1.29, 1.82) is 0 Å². The van der Waals surface area contributed by atoms with Crippen LogP contribution in [0.5, 0.6) is 17.4 Å². The van der Waals surface area contributed by atoms with Gasteiger partial charge in [-0.3, -0.25) is 19.1 Å². The standard InChI is InChI=1S/C42H53N5O10S/c1-4-27-22-42(27,40(50)46-58(52,53)29-16-17-29)45-38(48)32-19-28-23-47(32)39(49)37(25-10-6-7-11-25)44-41(51)57-33-15-9-13-24(33)12-8-14-26-18-30-31(20-34(26)54-3)43-36(55-5-2)21-35(30)56-28/h4,8,14,18,20-21,24-25,27-29,32-33,37H,1,5-7,9-13,15-17,19,22-23H2,2-3H3,(H,44,51)(H,45,48)(H,46,50)/b14-8+/t24-,27-,28+,32-,33-,37-,42-/m0/s1. The summed E-state index contributed by atoms with van der Waals surface area (Å²) < 4.78 is 52.2. The molecule has 2 aromatic rings. The number of sulfonamides is 1. The maximum absolute atomic E-state index is 14.9. The number of benzene rings is 1. The number of rotatable bonds is 10. The molecule has 16 heteroatoms. The van der Waals surface area contributed by atoms with Crippen LogP contribution in [0, 0.1) is 17.8 Å². The SMILES string of the molecule is C=C[C@H]1C[C@@]1(NC(=O)[C@@H]1C[C@@H]2CN1C(=O)[C@H](C1CCCC1)NC(=O)O[C@H]1CCC[C@@H]1C/C=C/c1cc3c(cc(OCC)nc3cc1OC)O2)C(=O)NS(=O)(=O)C1CC1. The second kappa shape index (κ2) is 16.1. The molecule has 6 aliphatic rings. The molecule has 58 heavy (non-hydrogen) atoms. The fraction of sp³-hybridized carbons (Fsp3) is 0.595. The van der Waals surface area contributed by atoms with Crippen molar-refractivity contribution in [3.8, 4) is 17.4 Å². The Kier molecular flexibility index (Phi) is 11.1. The van der Waals surface area contributed by atoms with E-state index in [1.807, 2.05) is 25.1 Å². The molecule has 7 atom stereocenters. The highest BCUT2D eigenvalue weighted by molar-refractivity contribution is 7.91. The minimum atomic E-state index is -3.91. The lowest BCUT2D eigenvalue weighted by Crippen LogP contribution is -2.59. The van der Waals surface area contributed by atoms with E-state index in [2.05, 4.69) is 28.0 Å². The van der Waals surface area contributed by atoms with Crippen molar-refractivity contribution in [2.24, 2.45) is 17.8 Å². The number of alkyl carbamates (subject to hydrolysis) is 1. The van der Waals surface area contributed by atoms with Gasteiger partial charge in [0.15, 0.2) is 0 Å². The van der Waals surface area contributed by atoms with E-state index in [1.54, 1.807) is 13.2 Å². The number of aromatic nitrogens is 1. The average molecular weight is 820 g/mol. The Balaban J connectivity index is 1.17. The topological polar surface area (TPSA) is 192 Å². The number of methoxy groups -OCH3 is 1. The molecule has 0 unspecified atom stereocenters. The van der Waals surface area contributed by atoms with Crippen molar-refractivity contribution in [1.82, 2.24) is 25.2 Å². The van der Waals surface area contributed by atoms with Crippen LogP contribution in [-0.4, -0.2) is 97.5 Å². The third-order valence-electron chi connectivity index (χ3n) is 12.8. The minimum Gasteiger partial charge on any atom is -0.496 e. The lowest BCUT2D eigenvalue weighted by atomic mass is 9.96. The zero-order chi connectivity index (χ0) is 40.8. The van der Waals surface area contributed by atoms with Crippen molar-refractivity contribution in [3.05, 3.63) is 42.5 Å². The van der Waals surface area contributed by atoms with Gasteiger partial charge in [-0.05, 0) is 82.6 Å². The van der Waals surface area contributed by atoms with Gasteiger partial charge in [-0.25, -0.2) is 18.2 Å². The summed E-state index contributed by atoms with van der Waals surface area (Å²) in [6, 6.07) is 3.35. The number of carbonyl (C=O) groups is 4. The lowest BCUT2D eigenvalue weighted by Gasteiger charge is -2.32. The molecule has 4 bridgehead atoms. The van der Waals surface area contributed by atoms with Gasteiger partial charge >= 0.3 is 6.09 Å². The molecular weight excluding hydrogens is 767 g/mol. The van der Waals surface area contributed by atoms with Crippen LogP contribution in [0.15, 0.2) is 36.9 Å². The molecule has 0 radical (unpaired) electrons. The number of pyridine rings is 1. The molecular formula is C42H53N5O10S. The molecule has 1 aromatic carbocycles. The highest BCUT2D eigenvalue weighted by Crippen LogP contribution is 2.46. The van der Waals surface area contributed by atoms with E-state index in [4.69, 9.17) is 23.9 Å². The summed E-state index contributed by atoms with van der Waals surface area (Å²) in [5, 5.41) is 5.82. The number of nitrogens with zero attached hydrogens (tertiary/aromatic N) is 2. The molecule has 4 saturated carbocycles. The van der Waals surface area contributed by atoms with Crippen LogP contribution in [0.2, 0.25) is 0 Å². The third-order valence-corrected chi connectivity index (χ3v) is 14.6. The number of allylic oxidation sites excluding steroid dienone is 1. The second-order valence-electron chi connectivity index (χ2n) is 16.6. The highest BCUT2D eigenvalue weighted by atomic mass is 32.2. The summed E-state index contributed by atoms with van der Waals surface area (Å²) >= 11 is 0. The van der Waals surface area contributed by atoms with Gasteiger partial charge < -0.3 is 34.5 Å². The predicted octanol–water partition coefficient (Wildman–Crippen LogP) is 4.53. The van der Waals surface area contributed by atoms with Gasteiger partial charge in [0.25, 0.3) is 5.91 Å². The second-order valence-corrected chi connectivity index (χ2v) is 18.6. The third kappa shape index (κ3) is 7.95. The van der Waals surface area contributed by atoms with Crippen LogP contribution >= 0.6 is 0 Å². The fourth-order valence-electron chi connectivity index (χ4n) is 9.36. The quantitative estimate of drug-likeness (QED) is 0.286. The van der Waals surface area contributed by atoms with E-state index >= 15 is 0 Å². The summed E-state index contributed by atoms with van der Waals surface area (Å²) in [6.07, 6.45) is 11.3. The smallest absolute Gasteiger partial charge is 0.408 e. The molecule has 15 nitrogen and oxygen atoms in total. The predicted molar refractivity (Wildman–Crippen MR) is 213 cm³/mol. The number of ether oxygens (including phenoxy) is 4. The van der Waals surface area contributed by atoms with Gasteiger partial charge in [0.05, 0.1) is 31.0 Å². The van der Waals surface area contributed by atoms with Gasteiger partial charge in [0.2, 0.25) is 27.7 Å². The Morgan fingerprint density at radius 3 is 2.55 bits per heavy atom. The number of nitrogens with one attached hydrogen (secondary N) is 3. The first-order valence-corrected chi connectivity index (χ1v) is 22.2. The van der Waals surface area contributed by atoms with E-state index in [0.717, 1.165) is 31.2 Å². The number of fused-ring (bicyclic) bond motifs is 4. The van der Waals surface area contributed by atoms with E-state index in [1.165, 1.54) is 11.0 Å². The molecule has 1 aromatic heterocycles. The van der Waals surface area contributed by atoms with Crippen LogP contribution < -0.4 is 29.6 Å². The van der Waals surface area contributed by atoms with Crippen molar-refractivity contribution in [3.63, 3.8) is 0 Å².